The van der Waals surface area contributed by atoms with Gasteiger partial charge in [-0.1, -0.05) is 54.2 Å². The molecule has 1 aromatic heterocycles. The third-order valence-electron chi connectivity index (χ3n) is 4.74. The molecule has 30 heavy (non-hydrogen) atoms. The van der Waals surface area contributed by atoms with Crippen LogP contribution in [0.4, 0.5) is 11.6 Å². The van der Waals surface area contributed by atoms with Crippen LogP contribution >= 0.6 is 11.8 Å². The Labute approximate surface area is 176 Å². The molecule has 1 aliphatic rings. The van der Waals surface area contributed by atoms with Gasteiger partial charge in [0.1, 0.15) is 6.04 Å². The van der Waals surface area contributed by atoms with Crippen LogP contribution in [0.2, 0.25) is 0 Å². The van der Waals surface area contributed by atoms with E-state index in [9.17, 15) is 14.9 Å². The van der Waals surface area contributed by atoms with E-state index in [-0.39, 0.29) is 11.3 Å². The number of fused-ring (bicyclic) bond motifs is 1. The third kappa shape index (κ3) is 3.64. The summed E-state index contributed by atoms with van der Waals surface area (Å²) in [7, 11) is 0. The molecule has 1 amide bonds. The molecule has 152 valence electrons. The lowest BCUT2D eigenvalue weighted by Gasteiger charge is -2.27. The maximum absolute atomic E-state index is 12.2. The molecule has 3 N–H and O–H groups in total. The molecule has 0 aliphatic carbocycles. The fraction of sp³-hybridized carbons (Fsp3) is 0.150. The van der Waals surface area contributed by atoms with Crippen LogP contribution in [-0.4, -0.2) is 25.6 Å². The number of nitro benzene ring substituents is 1. The van der Waals surface area contributed by atoms with Gasteiger partial charge >= 0.3 is 0 Å². The molecule has 0 radical (unpaired) electrons. The first-order valence-electron chi connectivity index (χ1n) is 9.10. The summed E-state index contributed by atoms with van der Waals surface area (Å²) < 4.78 is 1.49. The van der Waals surface area contributed by atoms with Crippen LogP contribution in [0.1, 0.15) is 24.1 Å². The van der Waals surface area contributed by atoms with Crippen LogP contribution in [0.5, 0.6) is 0 Å². The van der Waals surface area contributed by atoms with E-state index in [0.29, 0.717) is 28.1 Å². The number of hydrogen-bond acceptors (Lipinski definition) is 7. The average Bonchev–Trinajstić information content (AvgIpc) is 3.14. The van der Waals surface area contributed by atoms with E-state index in [4.69, 9.17) is 5.73 Å². The highest BCUT2D eigenvalue weighted by Crippen LogP contribution is 2.39. The molecule has 1 aliphatic heterocycles. The molecule has 0 bridgehead atoms. The van der Waals surface area contributed by atoms with Crippen LogP contribution in [0, 0.1) is 10.1 Å². The molecular formula is C20H18N6O3S. The lowest BCUT2D eigenvalue weighted by Crippen LogP contribution is -2.32. The largest absolute Gasteiger partial charge is 0.366 e. The quantitative estimate of drug-likeness (QED) is 0.354. The van der Waals surface area contributed by atoms with E-state index in [1.165, 1.54) is 22.5 Å². The summed E-state index contributed by atoms with van der Waals surface area (Å²) in [4.78, 5) is 27.9. The predicted molar refractivity (Wildman–Crippen MR) is 113 cm³/mol. The number of rotatable bonds is 6. The Balaban J connectivity index is 1.76. The normalized spacial score (nSPS) is 15.4. The number of nitrogens with two attached hydrogens (primary N) is 1. The number of para-hydroxylation sites is 1. The lowest BCUT2D eigenvalue weighted by molar-refractivity contribution is -0.385. The van der Waals surface area contributed by atoms with E-state index >= 15 is 0 Å². The SMILES string of the molecule is CC1=C(C(N)=O)[C@@H](c2ccccc2[N+](=O)[O-])n2nc(SCc3ccccc3)nc2N1. The van der Waals surface area contributed by atoms with Crippen molar-refractivity contribution in [2.45, 2.75) is 23.9 Å². The van der Waals surface area contributed by atoms with Gasteiger partial charge in [-0.15, -0.1) is 5.10 Å². The van der Waals surface area contributed by atoms with E-state index in [2.05, 4.69) is 15.4 Å². The maximum Gasteiger partial charge on any atom is 0.275 e. The Kier molecular flexibility index (Phi) is 5.23. The number of amides is 1. The van der Waals surface area contributed by atoms with E-state index in [1.54, 1.807) is 25.1 Å². The summed E-state index contributed by atoms with van der Waals surface area (Å²) in [5, 5.41) is 19.7. The van der Waals surface area contributed by atoms with Gasteiger partial charge in [0, 0.05) is 17.5 Å². The number of allylic oxidation sites excluding steroid dienone is 1. The number of carbonyl (C=O) groups excluding carboxylic acids is 1. The van der Waals surface area contributed by atoms with Crippen molar-refractivity contribution in [2.24, 2.45) is 5.73 Å². The summed E-state index contributed by atoms with van der Waals surface area (Å²) in [5.74, 6) is 0.384. The number of anilines is 1. The number of nitro groups is 1. The first-order valence-corrected chi connectivity index (χ1v) is 10.1. The molecule has 0 fully saturated rings. The number of nitrogens with one attached hydrogen (secondary N) is 1. The Hall–Kier alpha value is -3.66. The predicted octanol–water partition coefficient (Wildman–Crippen LogP) is 3.25. The molecular weight excluding hydrogens is 404 g/mol. The molecule has 3 aromatic rings. The number of hydrogen-bond donors (Lipinski definition) is 2. The minimum Gasteiger partial charge on any atom is -0.366 e. The monoisotopic (exact) mass is 422 g/mol. The van der Waals surface area contributed by atoms with Crippen LogP contribution in [0.3, 0.4) is 0 Å². The van der Waals surface area contributed by atoms with Crippen molar-refractivity contribution in [3.63, 3.8) is 0 Å². The Bertz CT molecular complexity index is 1160. The Morgan fingerprint density at radius 1 is 1.23 bits per heavy atom. The second-order valence-corrected chi connectivity index (χ2v) is 7.63. The molecule has 10 heteroatoms. The second kappa shape index (κ2) is 7.99. The molecule has 0 saturated heterocycles. The van der Waals surface area contributed by atoms with Gasteiger partial charge in [0.25, 0.3) is 5.69 Å². The summed E-state index contributed by atoms with van der Waals surface area (Å²) in [6.45, 7) is 1.69. The minimum atomic E-state index is -0.848. The van der Waals surface area contributed by atoms with Crippen molar-refractivity contribution >= 4 is 29.3 Å². The highest BCUT2D eigenvalue weighted by molar-refractivity contribution is 7.98. The van der Waals surface area contributed by atoms with Gasteiger partial charge in [-0.25, -0.2) is 4.68 Å². The number of primary amides is 1. The van der Waals surface area contributed by atoms with Crippen LogP contribution in [-0.2, 0) is 10.5 Å². The highest BCUT2D eigenvalue weighted by atomic mass is 32.2. The smallest absolute Gasteiger partial charge is 0.275 e. The maximum atomic E-state index is 12.2. The van der Waals surface area contributed by atoms with Crippen LogP contribution in [0.15, 0.2) is 71.0 Å². The molecule has 0 spiro atoms. The summed E-state index contributed by atoms with van der Waals surface area (Å²) in [6.07, 6.45) is 0. The Morgan fingerprint density at radius 2 is 1.93 bits per heavy atom. The van der Waals surface area contributed by atoms with E-state index in [0.717, 1.165) is 5.56 Å². The molecule has 1 atom stereocenters. The van der Waals surface area contributed by atoms with E-state index in [1.807, 2.05) is 30.3 Å². The van der Waals surface area contributed by atoms with E-state index < -0.39 is 16.9 Å². The zero-order valence-electron chi connectivity index (χ0n) is 16.0. The number of benzene rings is 2. The summed E-state index contributed by atoms with van der Waals surface area (Å²) >= 11 is 1.43. The molecule has 0 unspecified atom stereocenters. The van der Waals surface area contributed by atoms with Gasteiger partial charge < -0.3 is 11.1 Å². The van der Waals surface area contributed by atoms with Gasteiger partial charge in [0.2, 0.25) is 17.0 Å². The van der Waals surface area contributed by atoms with Gasteiger partial charge in [-0.3, -0.25) is 14.9 Å². The van der Waals surface area contributed by atoms with Crippen molar-refractivity contribution in [1.29, 1.82) is 0 Å². The summed E-state index contributed by atoms with van der Waals surface area (Å²) in [5.41, 5.74) is 7.66. The topological polar surface area (TPSA) is 129 Å². The first kappa shape index (κ1) is 19.6. The molecule has 2 aromatic carbocycles. The van der Waals surface area contributed by atoms with Crippen molar-refractivity contribution in [3.05, 3.63) is 87.1 Å². The third-order valence-corrected chi connectivity index (χ3v) is 5.65. The van der Waals surface area contributed by atoms with Crippen LogP contribution in [0.25, 0.3) is 0 Å². The highest BCUT2D eigenvalue weighted by Gasteiger charge is 2.36. The average molecular weight is 422 g/mol. The lowest BCUT2D eigenvalue weighted by atomic mass is 9.94. The fourth-order valence-electron chi connectivity index (χ4n) is 3.41. The number of nitrogens with zero attached hydrogens (tertiary/aromatic N) is 4. The molecule has 2 heterocycles. The summed E-state index contributed by atoms with van der Waals surface area (Å²) in [6, 6.07) is 15.3. The second-order valence-electron chi connectivity index (χ2n) is 6.68. The molecule has 4 rings (SSSR count). The van der Waals surface area contributed by atoms with Gasteiger partial charge in [0.15, 0.2) is 0 Å². The van der Waals surface area contributed by atoms with Gasteiger partial charge in [-0.05, 0) is 18.6 Å². The van der Waals surface area contributed by atoms with Crippen molar-refractivity contribution in [1.82, 2.24) is 14.8 Å². The molecule has 9 nitrogen and oxygen atoms in total. The van der Waals surface area contributed by atoms with Gasteiger partial charge in [0.05, 0.1) is 16.1 Å². The zero-order chi connectivity index (χ0) is 21.3. The van der Waals surface area contributed by atoms with Crippen LogP contribution < -0.4 is 11.1 Å². The fourth-order valence-corrected chi connectivity index (χ4v) is 4.19. The first-order chi connectivity index (χ1) is 14.5. The standard InChI is InChI=1S/C20H18N6O3S/c1-12-16(18(21)27)17(14-9-5-6-10-15(14)26(28)29)25-19(22-12)23-20(24-25)30-11-13-7-3-2-4-8-13/h2-10,17H,11H2,1H3,(H2,21,27)(H,22,23,24)/t17-/m1/s1. The van der Waals surface area contributed by atoms with Gasteiger partial charge in [-0.2, -0.15) is 4.98 Å². The zero-order valence-corrected chi connectivity index (χ0v) is 16.8. The number of thioether (sulfide) groups is 1. The van der Waals surface area contributed by atoms with Crippen molar-refractivity contribution in [2.75, 3.05) is 5.32 Å². The minimum absolute atomic E-state index is 0.115. The van der Waals surface area contributed by atoms with Crippen molar-refractivity contribution < 1.29 is 9.72 Å². The van der Waals surface area contributed by atoms with Crippen molar-refractivity contribution in [3.8, 4) is 0 Å². The Morgan fingerprint density at radius 3 is 2.63 bits per heavy atom. The number of carbonyl (C=O) groups is 1. The molecule has 0 saturated carbocycles. The number of aromatic nitrogens is 3.